The summed E-state index contributed by atoms with van der Waals surface area (Å²) in [6.45, 7) is 2.45. The van der Waals surface area contributed by atoms with Crippen LogP contribution in [0.25, 0.3) is 10.9 Å². The van der Waals surface area contributed by atoms with E-state index in [-0.39, 0.29) is 5.03 Å². The van der Waals surface area contributed by atoms with Gasteiger partial charge in [-0.1, -0.05) is 29.3 Å². The number of benzene rings is 1. The molecule has 0 fully saturated rings. The molecule has 0 atom stereocenters. The first-order valence-corrected chi connectivity index (χ1v) is 7.95. The van der Waals surface area contributed by atoms with Gasteiger partial charge in [-0.15, -0.1) is 0 Å². The Morgan fingerprint density at radius 3 is 2.94 bits per heavy atom. The number of unbranched alkanes of at least 4 members (excludes halogenated alkanes) is 1. The summed E-state index contributed by atoms with van der Waals surface area (Å²) in [6.07, 6.45) is 1.76. The molecule has 1 aromatic heterocycles. The van der Waals surface area contributed by atoms with E-state index >= 15 is 0 Å². The van der Waals surface area contributed by atoms with Gasteiger partial charge in [-0.05, 0) is 24.6 Å². The summed E-state index contributed by atoms with van der Waals surface area (Å²) in [7, 11) is -3.52. The van der Waals surface area contributed by atoms with Crippen molar-refractivity contribution in [2.24, 2.45) is 0 Å². The van der Waals surface area contributed by atoms with Gasteiger partial charge in [0.15, 0.2) is 5.03 Å². The van der Waals surface area contributed by atoms with Crippen LogP contribution in [-0.2, 0) is 10.0 Å². The summed E-state index contributed by atoms with van der Waals surface area (Å²) in [5.41, 5.74) is 0.633. The maximum Gasteiger partial charge on any atom is 0.258 e. The number of fused-ring (bicyclic) bond motifs is 1. The van der Waals surface area contributed by atoms with E-state index in [0.29, 0.717) is 17.4 Å². The summed E-state index contributed by atoms with van der Waals surface area (Å²) in [5.74, 6) is 0. The Morgan fingerprint density at radius 2 is 2.22 bits per heavy atom. The van der Waals surface area contributed by atoms with Crippen molar-refractivity contribution in [3.05, 3.63) is 22.7 Å². The van der Waals surface area contributed by atoms with Gasteiger partial charge in [0.2, 0.25) is 0 Å². The minimum absolute atomic E-state index is 0.120. The SMILES string of the molecule is CCCCNS(=O)(=O)c1[nH]nc2ccc(Br)cc12. The van der Waals surface area contributed by atoms with E-state index in [1.165, 1.54) is 0 Å². The van der Waals surface area contributed by atoms with E-state index in [9.17, 15) is 8.42 Å². The van der Waals surface area contributed by atoms with Crippen LogP contribution in [0.1, 0.15) is 19.8 Å². The molecule has 0 radical (unpaired) electrons. The number of sulfonamides is 1. The van der Waals surface area contributed by atoms with E-state index in [0.717, 1.165) is 17.3 Å². The third-order valence-electron chi connectivity index (χ3n) is 2.57. The normalized spacial score (nSPS) is 12.1. The molecule has 2 rings (SSSR count). The molecule has 1 heterocycles. The van der Waals surface area contributed by atoms with Gasteiger partial charge >= 0.3 is 0 Å². The molecule has 18 heavy (non-hydrogen) atoms. The minimum Gasteiger partial charge on any atom is -0.265 e. The lowest BCUT2D eigenvalue weighted by atomic mass is 10.3. The second-order valence-corrected chi connectivity index (χ2v) is 6.59. The molecule has 0 saturated heterocycles. The van der Waals surface area contributed by atoms with Gasteiger partial charge < -0.3 is 0 Å². The Bertz CT molecular complexity index is 651. The van der Waals surface area contributed by atoms with Gasteiger partial charge in [-0.3, -0.25) is 5.10 Å². The molecular formula is C11H14BrN3O2S. The summed E-state index contributed by atoms with van der Waals surface area (Å²) >= 11 is 3.32. The van der Waals surface area contributed by atoms with E-state index in [1.807, 2.05) is 13.0 Å². The van der Waals surface area contributed by atoms with E-state index in [2.05, 4.69) is 30.8 Å². The van der Waals surface area contributed by atoms with Crippen molar-refractivity contribution in [1.82, 2.24) is 14.9 Å². The van der Waals surface area contributed by atoms with Crippen LogP contribution in [0.4, 0.5) is 0 Å². The zero-order valence-corrected chi connectivity index (χ0v) is 12.3. The van der Waals surface area contributed by atoms with Crippen LogP contribution in [0.3, 0.4) is 0 Å². The zero-order chi connectivity index (χ0) is 13.2. The van der Waals surface area contributed by atoms with Crippen molar-refractivity contribution in [1.29, 1.82) is 0 Å². The van der Waals surface area contributed by atoms with Crippen molar-refractivity contribution >= 4 is 36.9 Å². The number of hydrogen-bond donors (Lipinski definition) is 2. The second kappa shape index (κ2) is 5.38. The molecule has 0 aliphatic heterocycles. The summed E-state index contributed by atoms with van der Waals surface area (Å²) in [6, 6.07) is 5.33. The lowest BCUT2D eigenvalue weighted by Gasteiger charge is -2.04. The van der Waals surface area contributed by atoms with Crippen molar-refractivity contribution < 1.29 is 8.42 Å². The minimum atomic E-state index is -3.52. The fraction of sp³-hybridized carbons (Fsp3) is 0.364. The Kier molecular flexibility index (Phi) is 4.04. The van der Waals surface area contributed by atoms with E-state index in [4.69, 9.17) is 0 Å². The average molecular weight is 332 g/mol. The number of halogens is 1. The van der Waals surface area contributed by atoms with E-state index in [1.54, 1.807) is 12.1 Å². The lowest BCUT2D eigenvalue weighted by Crippen LogP contribution is -2.25. The molecule has 2 aromatic rings. The molecule has 0 amide bonds. The topological polar surface area (TPSA) is 74.8 Å². The number of aromatic amines is 1. The predicted octanol–water partition coefficient (Wildman–Crippen LogP) is 2.40. The largest absolute Gasteiger partial charge is 0.265 e. The molecule has 5 nitrogen and oxygen atoms in total. The summed E-state index contributed by atoms with van der Waals surface area (Å²) < 4.78 is 27.6. The van der Waals surface area contributed by atoms with Crippen LogP contribution >= 0.6 is 15.9 Å². The van der Waals surface area contributed by atoms with E-state index < -0.39 is 10.0 Å². The molecule has 1 aromatic carbocycles. The van der Waals surface area contributed by atoms with Crippen molar-refractivity contribution in [2.45, 2.75) is 24.8 Å². The average Bonchev–Trinajstić information content (AvgIpc) is 2.72. The van der Waals surface area contributed by atoms with Crippen LogP contribution in [-0.4, -0.2) is 25.2 Å². The van der Waals surface area contributed by atoms with Crippen LogP contribution < -0.4 is 4.72 Å². The molecule has 0 aliphatic carbocycles. The van der Waals surface area contributed by atoms with Crippen LogP contribution in [0.15, 0.2) is 27.7 Å². The summed E-state index contributed by atoms with van der Waals surface area (Å²) in [5, 5.41) is 7.29. The van der Waals surface area contributed by atoms with Gasteiger partial charge in [-0.25, -0.2) is 13.1 Å². The Balaban J connectivity index is 2.38. The number of nitrogens with one attached hydrogen (secondary N) is 2. The first kappa shape index (κ1) is 13.5. The van der Waals surface area contributed by atoms with Gasteiger partial charge in [0.25, 0.3) is 10.0 Å². The maximum atomic E-state index is 12.1. The third-order valence-corrected chi connectivity index (χ3v) is 4.50. The quantitative estimate of drug-likeness (QED) is 0.826. The highest BCUT2D eigenvalue weighted by Crippen LogP contribution is 2.23. The standard InChI is InChI=1S/C11H14BrN3O2S/c1-2-3-6-13-18(16,17)11-9-7-8(12)4-5-10(9)14-15-11/h4-5,7,13H,2-3,6H2,1H3,(H,14,15). The van der Waals surface area contributed by atoms with Crippen LogP contribution in [0, 0.1) is 0 Å². The highest BCUT2D eigenvalue weighted by atomic mass is 79.9. The maximum absolute atomic E-state index is 12.1. The Morgan fingerprint density at radius 1 is 1.44 bits per heavy atom. The molecule has 2 N–H and O–H groups in total. The van der Waals surface area contributed by atoms with Gasteiger partial charge in [-0.2, -0.15) is 5.10 Å². The molecular weight excluding hydrogens is 318 g/mol. The number of rotatable bonds is 5. The zero-order valence-electron chi connectivity index (χ0n) is 9.90. The molecule has 0 unspecified atom stereocenters. The van der Waals surface area contributed by atoms with Gasteiger partial charge in [0.05, 0.1) is 5.52 Å². The predicted molar refractivity (Wildman–Crippen MR) is 73.9 cm³/mol. The molecule has 98 valence electrons. The first-order valence-electron chi connectivity index (χ1n) is 5.68. The van der Waals surface area contributed by atoms with Crippen molar-refractivity contribution in [3.8, 4) is 0 Å². The summed E-state index contributed by atoms with van der Waals surface area (Å²) in [4.78, 5) is 0. The van der Waals surface area contributed by atoms with Gasteiger partial charge in [0, 0.05) is 16.4 Å². The monoisotopic (exact) mass is 331 g/mol. The Labute approximate surface area is 114 Å². The van der Waals surface area contributed by atoms with Crippen LogP contribution in [0.5, 0.6) is 0 Å². The number of nitrogens with zero attached hydrogens (tertiary/aromatic N) is 1. The molecule has 7 heteroatoms. The number of H-pyrrole nitrogens is 1. The molecule has 0 aliphatic rings. The fourth-order valence-electron chi connectivity index (χ4n) is 1.62. The molecule has 0 saturated carbocycles. The van der Waals surface area contributed by atoms with Crippen molar-refractivity contribution in [3.63, 3.8) is 0 Å². The highest BCUT2D eigenvalue weighted by molar-refractivity contribution is 9.10. The fourth-order valence-corrected chi connectivity index (χ4v) is 3.16. The highest BCUT2D eigenvalue weighted by Gasteiger charge is 2.19. The van der Waals surface area contributed by atoms with Crippen molar-refractivity contribution in [2.75, 3.05) is 6.54 Å². The number of aromatic nitrogens is 2. The Hall–Kier alpha value is -0.920. The first-order chi connectivity index (χ1) is 8.54. The van der Waals surface area contributed by atoms with Crippen LogP contribution in [0.2, 0.25) is 0 Å². The lowest BCUT2D eigenvalue weighted by molar-refractivity contribution is 0.575. The molecule has 0 bridgehead atoms. The molecule has 0 spiro atoms. The third kappa shape index (κ3) is 2.73. The van der Waals surface area contributed by atoms with Gasteiger partial charge in [0.1, 0.15) is 0 Å². The number of hydrogen-bond acceptors (Lipinski definition) is 3. The smallest absolute Gasteiger partial charge is 0.258 e. The second-order valence-electron chi connectivity index (χ2n) is 3.97.